The molecule has 0 spiro atoms. The second-order valence-corrected chi connectivity index (χ2v) is 8.69. The zero-order valence-electron chi connectivity index (χ0n) is 18.0. The van der Waals surface area contributed by atoms with Crippen molar-refractivity contribution in [3.63, 3.8) is 0 Å². The van der Waals surface area contributed by atoms with Gasteiger partial charge in [-0.1, -0.05) is 29.4 Å². The first kappa shape index (κ1) is 20.3. The van der Waals surface area contributed by atoms with Crippen LogP contribution in [0.5, 0.6) is 5.75 Å². The second-order valence-electron chi connectivity index (χ2n) is 8.69. The van der Waals surface area contributed by atoms with Gasteiger partial charge in [0.25, 0.3) is 0 Å². The summed E-state index contributed by atoms with van der Waals surface area (Å²) < 4.78 is 30.3. The molecule has 0 aliphatic carbocycles. The van der Waals surface area contributed by atoms with Crippen LogP contribution >= 0.6 is 0 Å². The summed E-state index contributed by atoms with van der Waals surface area (Å²) in [5, 5.41) is 22.7. The average molecular weight is 450 g/mol. The molecule has 8 nitrogen and oxygen atoms in total. The number of aliphatic hydroxyl groups excluding tert-OH is 1. The number of aromatic nitrogens is 3. The number of aliphatic hydroxyl groups is 1. The van der Waals surface area contributed by atoms with Crippen LogP contribution in [-0.4, -0.2) is 58.8 Å². The molecule has 170 valence electrons. The number of aromatic amines is 1. The first-order valence-electron chi connectivity index (χ1n) is 10.9. The van der Waals surface area contributed by atoms with Crippen molar-refractivity contribution < 1.29 is 23.5 Å². The zero-order valence-corrected chi connectivity index (χ0v) is 18.0. The largest absolute Gasteiger partial charge is 0.494 e. The van der Waals surface area contributed by atoms with E-state index in [0.29, 0.717) is 39.9 Å². The maximum Gasteiger partial charge on any atom is 0.188 e. The van der Waals surface area contributed by atoms with Crippen LogP contribution in [0.1, 0.15) is 11.8 Å². The van der Waals surface area contributed by atoms with Crippen LogP contribution in [0.25, 0.3) is 33.6 Å². The molecule has 0 bridgehead atoms. The van der Waals surface area contributed by atoms with Crippen LogP contribution in [0.15, 0.2) is 47.0 Å². The Morgan fingerprint density at radius 3 is 2.64 bits per heavy atom. The molecule has 3 atom stereocenters. The van der Waals surface area contributed by atoms with Gasteiger partial charge in [-0.3, -0.25) is 10.00 Å². The van der Waals surface area contributed by atoms with E-state index in [9.17, 15) is 9.50 Å². The van der Waals surface area contributed by atoms with Gasteiger partial charge in [-0.2, -0.15) is 5.10 Å². The summed E-state index contributed by atoms with van der Waals surface area (Å²) >= 11 is 0. The van der Waals surface area contributed by atoms with Crippen LogP contribution in [0.3, 0.4) is 0 Å². The fourth-order valence-corrected chi connectivity index (χ4v) is 4.85. The van der Waals surface area contributed by atoms with Gasteiger partial charge in [0.2, 0.25) is 0 Å². The van der Waals surface area contributed by atoms with Crippen molar-refractivity contribution >= 4 is 10.9 Å². The summed E-state index contributed by atoms with van der Waals surface area (Å²) in [5.41, 5.74) is 3.42. The number of methoxy groups -OCH3 is 1. The number of nitrogens with one attached hydrogen (secondary N) is 1. The fraction of sp³-hybridized carbons (Fsp3) is 0.333. The third kappa shape index (κ3) is 3.49. The van der Waals surface area contributed by atoms with Crippen molar-refractivity contribution in [2.24, 2.45) is 11.8 Å². The Balaban J connectivity index is 1.22. The van der Waals surface area contributed by atoms with Crippen molar-refractivity contribution in [2.45, 2.75) is 6.23 Å². The average Bonchev–Trinajstić information content (AvgIpc) is 3.61. The summed E-state index contributed by atoms with van der Waals surface area (Å²) in [6.45, 7) is 3.27. The monoisotopic (exact) mass is 450 g/mol. The number of H-pyrrole nitrogens is 1. The fourth-order valence-electron chi connectivity index (χ4n) is 4.85. The first-order valence-corrected chi connectivity index (χ1v) is 10.9. The molecule has 3 unspecified atom stereocenters. The van der Waals surface area contributed by atoms with Crippen molar-refractivity contribution in [2.75, 3.05) is 33.4 Å². The van der Waals surface area contributed by atoms with Gasteiger partial charge in [0.1, 0.15) is 17.6 Å². The Morgan fingerprint density at radius 2 is 1.91 bits per heavy atom. The molecule has 2 aliphatic heterocycles. The normalized spacial score (nSPS) is 21.5. The zero-order chi connectivity index (χ0) is 22.5. The number of hydrogen-bond acceptors (Lipinski definition) is 7. The van der Waals surface area contributed by atoms with E-state index in [1.807, 2.05) is 24.3 Å². The number of rotatable bonds is 5. The van der Waals surface area contributed by atoms with E-state index in [0.717, 1.165) is 37.4 Å². The summed E-state index contributed by atoms with van der Waals surface area (Å²) in [5.74, 6) is 1.12. The van der Waals surface area contributed by atoms with E-state index in [1.165, 1.54) is 13.2 Å². The SMILES string of the molecule is COc1cc2[nH]nc(-c3cc(-c4ccc(C(O)N5CC6COCC6C5)cc4)no3)c2cc1F. The lowest BCUT2D eigenvalue weighted by atomic mass is 10.0. The molecular formula is C24H23FN4O4. The van der Waals surface area contributed by atoms with E-state index < -0.39 is 12.0 Å². The summed E-state index contributed by atoms with van der Waals surface area (Å²) in [7, 11) is 1.42. The molecule has 2 aromatic heterocycles. The highest BCUT2D eigenvalue weighted by atomic mass is 19.1. The van der Waals surface area contributed by atoms with Gasteiger partial charge in [0.15, 0.2) is 17.3 Å². The van der Waals surface area contributed by atoms with Gasteiger partial charge in [0, 0.05) is 48.0 Å². The lowest BCUT2D eigenvalue weighted by Crippen LogP contribution is -2.28. The van der Waals surface area contributed by atoms with Gasteiger partial charge in [-0.05, 0) is 11.6 Å². The van der Waals surface area contributed by atoms with Crippen LogP contribution in [0, 0.1) is 17.7 Å². The number of fused-ring (bicyclic) bond motifs is 2. The highest BCUT2D eigenvalue weighted by Gasteiger charge is 2.39. The quantitative estimate of drug-likeness (QED) is 0.480. The molecular weight excluding hydrogens is 427 g/mol. The van der Waals surface area contributed by atoms with Crippen LogP contribution in [0.4, 0.5) is 4.39 Å². The van der Waals surface area contributed by atoms with Gasteiger partial charge in [-0.15, -0.1) is 0 Å². The van der Waals surface area contributed by atoms with Gasteiger partial charge < -0.3 is 19.1 Å². The Kier molecular flexibility index (Phi) is 4.90. The van der Waals surface area contributed by atoms with Crippen molar-refractivity contribution in [1.29, 1.82) is 0 Å². The molecule has 4 heterocycles. The Bertz CT molecular complexity index is 1290. The topological polar surface area (TPSA) is 96.6 Å². The van der Waals surface area contributed by atoms with Crippen LogP contribution in [0.2, 0.25) is 0 Å². The van der Waals surface area contributed by atoms with Gasteiger partial charge in [-0.25, -0.2) is 4.39 Å². The van der Waals surface area contributed by atoms with E-state index in [1.54, 1.807) is 12.1 Å². The highest BCUT2D eigenvalue weighted by Crippen LogP contribution is 2.35. The summed E-state index contributed by atoms with van der Waals surface area (Å²) in [6, 6.07) is 12.3. The van der Waals surface area contributed by atoms with Crippen molar-refractivity contribution in [1.82, 2.24) is 20.3 Å². The molecule has 4 aromatic rings. The number of halogens is 1. The minimum Gasteiger partial charge on any atom is -0.494 e. The molecule has 6 rings (SSSR count). The number of likely N-dealkylation sites (tertiary alicyclic amines) is 1. The van der Waals surface area contributed by atoms with E-state index in [2.05, 4.69) is 20.3 Å². The van der Waals surface area contributed by atoms with Crippen molar-refractivity contribution in [3.05, 3.63) is 53.8 Å². The summed E-state index contributed by atoms with van der Waals surface area (Å²) in [4.78, 5) is 2.11. The van der Waals surface area contributed by atoms with E-state index in [-0.39, 0.29) is 5.75 Å². The molecule has 33 heavy (non-hydrogen) atoms. The molecule has 2 aromatic carbocycles. The van der Waals surface area contributed by atoms with E-state index in [4.69, 9.17) is 14.0 Å². The van der Waals surface area contributed by atoms with Gasteiger partial charge in [0.05, 0.1) is 25.8 Å². The minimum absolute atomic E-state index is 0.142. The first-order chi connectivity index (χ1) is 16.1. The van der Waals surface area contributed by atoms with Gasteiger partial charge >= 0.3 is 0 Å². The lowest BCUT2D eigenvalue weighted by molar-refractivity contribution is 0.00599. The summed E-state index contributed by atoms with van der Waals surface area (Å²) in [6.07, 6.45) is -0.639. The highest BCUT2D eigenvalue weighted by molar-refractivity contribution is 5.92. The molecule has 2 N–H and O–H groups in total. The molecule has 0 radical (unpaired) electrons. The smallest absolute Gasteiger partial charge is 0.188 e. The second kappa shape index (κ2) is 7.95. The number of benzene rings is 2. The molecule has 0 saturated carbocycles. The molecule has 2 saturated heterocycles. The number of ether oxygens (including phenoxy) is 2. The van der Waals surface area contributed by atoms with Crippen LogP contribution in [-0.2, 0) is 4.74 Å². The Labute approximate surface area is 188 Å². The Morgan fingerprint density at radius 1 is 1.15 bits per heavy atom. The van der Waals surface area contributed by atoms with Crippen molar-refractivity contribution in [3.8, 4) is 28.5 Å². The minimum atomic E-state index is -0.639. The molecule has 2 fully saturated rings. The maximum absolute atomic E-state index is 14.2. The standard InChI is InChI=1S/C24H23FN4O4/c1-31-21-8-20-17(6-18(21)25)23(27-26-20)22-7-19(28-33-22)13-2-4-14(5-3-13)24(30)29-9-15-11-32-12-16(15)10-29/h2-8,15-16,24,30H,9-12H2,1H3,(H,26,27). The van der Waals surface area contributed by atoms with E-state index >= 15 is 0 Å². The number of hydrogen-bond donors (Lipinski definition) is 2. The predicted octanol–water partition coefficient (Wildman–Crippen LogP) is 3.60. The van der Waals surface area contributed by atoms with Crippen LogP contribution < -0.4 is 4.74 Å². The molecule has 2 aliphatic rings. The lowest BCUT2D eigenvalue weighted by Gasteiger charge is -2.24. The number of nitrogens with zero attached hydrogens (tertiary/aromatic N) is 3. The molecule has 0 amide bonds. The third-order valence-corrected chi connectivity index (χ3v) is 6.70. The predicted molar refractivity (Wildman–Crippen MR) is 118 cm³/mol. The Hall–Kier alpha value is -3.27. The molecule has 9 heteroatoms. The third-order valence-electron chi connectivity index (χ3n) is 6.70. The maximum atomic E-state index is 14.2.